The van der Waals surface area contributed by atoms with Crippen molar-refractivity contribution in [2.45, 2.75) is 25.7 Å². The van der Waals surface area contributed by atoms with E-state index in [1.54, 1.807) is 23.1 Å². The highest BCUT2D eigenvalue weighted by Crippen LogP contribution is 2.28. The molecule has 12 nitrogen and oxygen atoms in total. The maximum absolute atomic E-state index is 12.7. The molecule has 2 aromatic carbocycles. The largest absolute Gasteiger partial charge is 0.493 e. The van der Waals surface area contributed by atoms with Gasteiger partial charge < -0.3 is 19.7 Å². The van der Waals surface area contributed by atoms with E-state index in [-0.39, 0.29) is 47.5 Å². The Hall–Kier alpha value is -4.48. The fraction of sp³-hybridized carbons (Fsp3) is 0.407. The minimum Gasteiger partial charge on any atom is -0.493 e. The van der Waals surface area contributed by atoms with Crippen molar-refractivity contribution in [1.29, 1.82) is 0 Å². The number of carbonyl (C=O) groups is 4. The number of hydrogen-bond acceptors (Lipinski definition) is 8. The van der Waals surface area contributed by atoms with Gasteiger partial charge in [-0.15, -0.1) is 0 Å². The Balaban J connectivity index is 1.19. The first-order valence-electron chi connectivity index (χ1n) is 12.7. The molecule has 206 valence electrons. The van der Waals surface area contributed by atoms with Gasteiger partial charge in [0.15, 0.2) is 11.5 Å². The summed E-state index contributed by atoms with van der Waals surface area (Å²) in [6.07, 6.45) is 1.96. The monoisotopic (exact) mass is 538 g/mol. The lowest BCUT2D eigenvalue weighted by Gasteiger charge is -2.32. The summed E-state index contributed by atoms with van der Waals surface area (Å²) in [7, 11) is 3.04. The first-order valence-corrected chi connectivity index (χ1v) is 12.7. The van der Waals surface area contributed by atoms with Crippen molar-refractivity contribution in [3.63, 3.8) is 0 Å². The summed E-state index contributed by atoms with van der Waals surface area (Å²) >= 11 is 0. The smallest absolute Gasteiger partial charge is 0.270 e. The Morgan fingerprint density at radius 3 is 2.36 bits per heavy atom. The van der Waals surface area contributed by atoms with Crippen molar-refractivity contribution < 1.29 is 33.6 Å². The highest BCUT2D eigenvalue weighted by Gasteiger charge is 2.36. The van der Waals surface area contributed by atoms with Crippen LogP contribution in [0.25, 0.3) is 0 Å². The van der Waals surface area contributed by atoms with Gasteiger partial charge in [0.25, 0.3) is 23.4 Å². The van der Waals surface area contributed by atoms with Crippen LogP contribution in [0.1, 0.15) is 56.8 Å². The number of imide groups is 1. The van der Waals surface area contributed by atoms with Gasteiger partial charge in [-0.05, 0) is 49.4 Å². The van der Waals surface area contributed by atoms with Crippen LogP contribution in [0.4, 0.5) is 5.69 Å². The maximum Gasteiger partial charge on any atom is 0.270 e. The SMILES string of the molecule is COc1ccc(C(=O)NCC2CCN(C(=O)CCCN3C(=O)c4ccc([N+](=O)[O-])cc4C3=O)CC2)cc1OC. The number of nitro groups is 1. The van der Waals surface area contributed by atoms with Crippen LogP contribution in [0, 0.1) is 16.0 Å². The molecule has 39 heavy (non-hydrogen) atoms. The van der Waals surface area contributed by atoms with Gasteiger partial charge in [-0.1, -0.05) is 0 Å². The number of piperidine rings is 1. The molecule has 2 aromatic rings. The van der Waals surface area contributed by atoms with Gasteiger partial charge >= 0.3 is 0 Å². The number of hydrogen-bond donors (Lipinski definition) is 1. The summed E-state index contributed by atoms with van der Waals surface area (Å²) in [5.41, 5.74) is 0.366. The number of carbonyl (C=O) groups excluding carboxylic acids is 4. The van der Waals surface area contributed by atoms with Gasteiger partial charge in [-0.2, -0.15) is 0 Å². The summed E-state index contributed by atoms with van der Waals surface area (Å²) in [4.78, 5) is 63.6. The second-order valence-electron chi connectivity index (χ2n) is 9.46. The van der Waals surface area contributed by atoms with Crippen molar-refractivity contribution >= 4 is 29.3 Å². The average Bonchev–Trinajstić information content (AvgIpc) is 3.19. The molecule has 0 atom stereocenters. The van der Waals surface area contributed by atoms with Crippen molar-refractivity contribution in [3.8, 4) is 11.5 Å². The Kier molecular flexibility index (Phi) is 8.43. The molecule has 0 saturated carbocycles. The third-order valence-corrected chi connectivity index (χ3v) is 7.10. The third kappa shape index (κ3) is 6.00. The predicted molar refractivity (Wildman–Crippen MR) is 139 cm³/mol. The molecule has 2 aliphatic heterocycles. The molecule has 0 aliphatic carbocycles. The summed E-state index contributed by atoms with van der Waals surface area (Å²) in [6, 6.07) is 8.58. The number of nitrogens with one attached hydrogen (secondary N) is 1. The van der Waals surface area contributed by atoms with Crippen LogP contribution in [-0.2, 0) is 4.79 Å². The van der Waals surface area contributed by atoms with E-state index in [4.69, 9.17) is 9.47 Å². The van der Waals surface area contributed by atoms with E-state index in [1.165, 1.54) is 26.4 Å². The molecule has 2 heterocycles. The van der Waals surface area contributed by atoms with Crippen LogP contribution in [0.5, 0.6) is 11.5 Å². The second kappa shape index (κ2) is 11.9. The molecule has 1 N–H and O–H groups in total. The molecule has 4 amide bonds. The zero-order chi connectivity index (χ0) is 28.1. The number of rotatable bonds is 10. The van der Waals surface area contributed by atoms with Crippen LogP contribution < -0.4 is 14.8 Å². The molecule has 1 fully saturated rings. The fourth-order valence-electron chi connectivity index (χ4n) is 4.84. The van der Waals surface area contributed by atoms with Crippen LogP contribution >= 0.6 is 0 Å². The third-order valence-electron chi connectivity index (χ3n) is 7.10. The van der Waals surface area contributed by atoms with Crippen LogP contribution in [0.3, 0.4) is 0 Å². The summed E-state index contributed by atoms with van der Waals surface area (Å²) < 4.78 is 10.4. The number of likely N-dealkylation sites (tertiary alicyclic amines) is 1. The number of non-ortho nitro benzene ring substituents is 1. The zero-order valence-electron chi connectivity index (χ0n) is 21.8. The highest BCUT2D eigenvalue weighted by atomic mass is 16.6. The zero-order valence-corrected chi connectivity index (χ0v) is 21.8. The molecular weight excluding hydrogens is 508 g/mol. The Morgan fingerprint density at radius 1 is 1.00 bits per heavy atom. The van der Waals surface area contributed by atoms with Gasteiger partial charge in [-0.3, -0.25) is 34.2 Å². The average molecular weight is 539 g/mol. The maximum atomic E-state index is 12.7. The van der Waals surface area contributed by atoms with Gasteiger partial charge in [0.2, 0.25) is 5.91 Å². The molecule has 0 bridgehead atoms. The molecule has 1 saturated heterocycles. The lowest BCUT2D eigenvalue weighted by molar-refractivity contribution is -0.384. The number of amides is 4. The number of ether oxygens (including phenoxy) is 2. The lowest BCUT2D eigenvalue weighted by atomic mass is 9.96. The topological polar surface area (TPSA) is 148 Å². The first kappa shape index (κ1) is 27.6. The quantitative estimate of drug-likeness (QED) is 0.276. The van der Waals surface area contributed by atoms with Crippen molar-refractivity contribution in [2.75, 3.05) is 40.4 Å². The minimum atomic E-state index is -0.616. The standard InChI is InChI=1S/C27H30N4O8/c1-38-22-8-5-18(14-23(22)39-2)25(33)28-16-17-9-12-29(13-10-17)24(32)4-3-11-30-26(34)20-7-6-19(31(36)37)15-21(20)27(30)35/h5-8,14-15,17H,3-4,9-13,16H2,1-2H3,(H,28,33). The van der Waals surface area contributed by atoms with E-state index in [0.29, 0.717) is 43.1 Å². The minimum absolute atomic E-state index is 0.0146. The van der Waals surface area contributed by atoms with Gasteiger partial charge in [0.1, 0.15) is 0 Å². The predicted octanol–water partition coefficient (Wildman–Crippen LogP) is 2.66. The van der Waals surface area contributed by atoms with E-state index in [9.17, 15) is 29.3 Å². The van der Waals surface area contributed by atoms with Crippen molar-refractivity contribution in [2.24, 2.45) is 5.92 Å². The highest BCUT2D eigenvalue weighted by molar-refractivity contribution is 6.21. The van der Waals surface area contributed by atoms with E-state index >= 15 is 0 Å². The number of benzene rings is 2. The fourth-order valence-corrected chi connectivity index (χ4v) is 4.84. The summed E-state index contributed by atoms with van der Waals surface area (Å²) in [5, 5.41) is 13.9. The molecule has 0 aromatic heterocycles. The summed E-state index contributed by atoms with van der Waals surface area (Å²) in [6.45, 7) is 1.68. The Morgan fingerprint density at radius 2 is 1.69 bits per heavy atom. The first-order chi connectivity index (χ1) is 18.7. The van der Waals surface area contributed by atoms with Gasteiger partial charge in [0.05, 0.1) is 30.3 Å². The molecule has 0 unspecified atom stereocenters. The molecule has 0 radical (unpaired) electrons. The number of methoxy groups -OCH3 is 2. The summed E-state index contributed by atoms with van der Waals surface area (Å²) in [5.74, 6) is -0.103. The van der Waals surface area contributed by atoms with Gasteiger partial charge in [-0.25, -0.2) is 0 Å². The number of nitrogens with zero attached hydrogens (tertiary/aromatic N) is 3. The molecule has 4 rings (SSSR count). The Bertz CT molecular complexity index is 1300. The van der Waals surface area contributed by atoms with Crippen LogP contribution in [0.15, 0.2) is 36.4 Å². The molecule has 0 spiro atoms. The molecule has 12 heteroatoms. The number of nitro benzene ring substituents is 1. The van der Waals surface area contributed by atoms with Crippen molar-refractivity contribution in [3.05, 3.63) is 63.2 Å². The lowest BCUT2D eigenvalue weighted by Crippen LogP contribution is -2.41. The van der Waals surface area contributed by atoms with Crippen molar-refractivity contribution in [1.82, 2.24) is 15.1 Å². The van der Waals surface area contributed by atoms with E-state index in [1.807, 2.05) is 0 Å². The normalized spacial score (nSPS) is 15.2. The molecule has 2 aliphatic rings. The second-order valence-corrected chi connectivity index (χ2v) is 9.46. The van der Waals surface area contributed by atoms with Crippen LogP contribution in [0.2, 0.25) is 0 Å². The van der Waals surface area contributed by atoms with Crippen LogP contribution in [-0.4, -0.2) is 78.8 Å². The number of fused-ring (bicyclic) bond motifs is 1. The van der Waals surface area contributed by atoms with Gasteiger partial charge in [0, 0.05) is 50.3 Å². The molecular formula is C27H30N4O8. The van der Waals surface area contributed by atoms with E-state index in [0.717, 1.165) is 23.8 Å². The Labute approximate surface area is 225 Å². The van der Waals surface area contributed by atoms with E-state index < -0.39 is 16.7 Å². The van der Waals surface area contributed by atoms with E-state index in [2.05, 4.69) is 5.32 Å².